The highest BCUT2D eigenvalue weighted by Gasteiger charge is 2.36. The summed E-state index contributed by atoms with van der Waals surface area (Å²) in [6.45, 7) is 12.9. The second kappa shape index (κ2) is 8.11. The normalized spacial score (nSPS) is 26.6. The molecule has 1 aliphatic heterocycles. The molecule has 3 atom stereocenters. The molecule has 1 saturated heterocycles. The zero-order chi connectivity index (χ0) is 16.0. The van der Waals surface area contributed by atoms with E-state index in [2.05, 4.69) is 24.1 Å². The molecule has 1 heterocycles. The van der Waals surface area contributed by atoms with E-state index in [0.717, 1.165) is 32.5 Å². The van der Waals surface area contributed by atoms with Crippen LogP contribution in [0, 0.1) is 0 Å². The Labute approximate surface area is 129 Å². The standard InChI is InChI=1S/C16H32N2O3/c1-7-14-11-21-13(4)10-18(14)9-8-16(5,15(19)20-6)17-12(2)3/h12-14,17H,7-11H2,1-6H3. The lowest BCUT2D eigenvalue weighted by molar-refractivity contribution is -0.149. The van der Waals surface area contributed by atoms with Gasteiger partial charge in [0.05, 0.1) is 19.8 Å². The quantitative estimate of drug-likeness (QED) is 0.727. The van der Waals surface area contributed by atoms with Crippen LogP contribution < -0.4 is 5.32 Å². The average molecular weight is 300 g/mol. The van der Waals surface area contributed by atoms with E-state index in [1.165, 1.54) is 7.11 Å². The van der Waals surface area contributed by atoms with Gasteiger partial charge in [0.15, 0.2) is 0 Å². The smallest absolute Gasteiger partial charge is 0.325 e. The average Bonchev–Trinajstić information content (AvgIpc) is 2.43. The highest BCUT2D eigenvalue weighted by atomic mass is 16.5. The summed E-state index contributed by atoms with van der Waals surface area (Å²) in [6.07, 6.45) is 2.07. The monoisotopic (exact) mass is 300 g/mol. The molecule has 3 unspecified atom stereocenters. The predicted molar refractivity (Wildman–Crippen MR) is 84.4 cm³/mol. The summed E-state index contributed by atoms with van der Waals surface area (Å²) in [4.78, 5) is 14.6. The molecule has 1 rings (SSSR count). The van der Waals surface area contributed by atoms with E-state index in [-0.39, 0.29) is 18.1 Å². The van der Waals surface area contributed by atoms with Crippen LogP contribution >= 0.6 is 0 Å². The van der Waals surface area contributed by atoms with Gasteiger partial charge in [0, 0.05) is 25.2 Å². The number of nitrogens with one attached hydrogen (secondary N) is 1. The minimum Gasteiger partial charge on any atom is -0.468 e. The molecule has 0 amide bonds. The third-order valence-corrected chi connectivity index (χ3v) is 4.19. The van der Waals surface area contributed by atoms with Gasteiger partial charge in [-0.3, -0.25) is 15.0 Å². The molecule has 0 bridgehead atoms. The van der Waals surface area contributed by atoms with Crippen molar-refractivity contribution in [3.05, 3.63) is 0 Å². The molecule has 0 aromatic rings. The van der Waals surface area contributed by atoms with E-state index in [1.54, 1.807) is 0 Å². The van der Waals surface area contributed by atoms with E-state index >= 15 is 0 Å². The van der Waals surface area contributed by atoms with Crippen LogP contribution in [0.2, 0.25) is 0 Å². The first kappa shape index (κ1) is 18.4. The van der Waals surface area contributed by atoms with Gasteiger partial charge in [-0.15, -0.1) is 0 Å². The molecule has 5 heteroatoms. The summed E-state index contributed by atoms with van der Waals surface area (Å²) in [6, 6.07) is 0.682. The molecule has 0 spiro atoms. The molecule has 0 aromatic heterocycles. The number of nitrogens with zero attached hydrogens (tertiary/aromatic N) is 1. The molecule has 1 fully saturated rings. The molecule has 5 nitrogen and oxygen atoms in total. The van der Waals surface area contributed by atoms with E-state index < -0.39 is 5.54 Å². The fraction of sp³-hybridized carbons (Fsp3) is 0.938. The summed E-state index contributed by atoms with van der Waals surface area (Å²) < 4.78 is 10.7. The van der Waals surface area contributed by atoms with Gasteiger partial charge in [0.2, 0.25) is 0 Å². The summed E-state index contributed by atoms with van der Waals surface area (Å²) >= 11 is 0. The van der Waals surface area contributed by atoms with Crippen molar-refractivity contribution in [2.45, 2.75) is 71.2 Å². The Bertz CT molecular complexity index is 335. The molecule has 0 aliphatic carbocycles. The third-order valence-electron chi connectivity index (χ3n) is 4.19. The second-order valence-electron chi connectivity index (χ2n) is 6.57. The molecule has 1 N–H and O–H groups in total. The van der Waals surface area contributed by atoms with Crippen LogP contribution in [-0.2, 0) is 14.3 Å². The van der Waals surface area contributed by atoms with Crippen LogP contribution in [0.25, 0.3) is 0 Å². The van der Waals surface area contributed by atoms with E-state index in [4.69, 9.17) is 9.47 Å². The Kier molecular flexibility index (Phi) is 7.10. The number of ether oxygens (including phenoxy) is 2. The highest BCUT2D eigenvalue weighted by Crippen LogP contribution is 2.19. The SMILES string of the molecule is CCC1COC(C)CN1CCC(C)(NC(C)C)C(=O)OC. The van der Waals surface area contributed by atoms with Crippen molar-refractivity contribution >= 4 is 5.97 Å². The number of hydrogen-bond donors (Lipinski definition) is 1. The van der Waals surface area contributed by atoms with Crippen molar-refractivity contribution in [3.63, 3.8) is 0 Å². The Morgan fingerprint density at radius 3 is 2.71 bits per heavy atom. The number of morpholine rings is 1. The second-order valence-corrected chi connectivity index (χ2v) is 6.57. The maximum Gasteiger partial charge on any atom is 0.325 e. The minimum absolute atomic E-state index is 0.189. The third kappa shape index (κ3) is 5.24. The van der Waals surface area contributed by atoms with Crippen molar-refractivity contribution in [1.82, 2.24) is 10.2 Å². The largest absolute Gasteiger partial charge is 0.468 e. The zero-order valence-electron chi connectivity index (χ0n) is 14.4. The molecule has 0 aromatic carbocycles. The lowest BCUT2D eigenvalue weighted by Crippen LogP contribution is -2.56. The number of esters is 1. The molecule has 124 valence electrons. The van der Waals surface area contributed by atoms with Crippen molar-refractivity contribution in [3.8, 4) is 0 Å². The van der Waals surface area contributed by atoms with Crippen molar-refractivity contribution < 1.29 is 14.3 Å². The van der Waals surface area contributed by atoms with Crippen molar-refractivity contribution in [2.24, 2.45) is 0 Å². The summed E-state index contributed by atoms with van der Waals surface area (Å²) in [7, 11) is 1.45. The number of hydrogen-bond acceptors (Lipinski definition) is 5. The van der Waals surface area contributed by atoms with Gasteiger partial charge in [-0.25, -0.2) is 0 Å². The first-order chi connectivity index (χ1) is 9.82. The van der Waals surface area contributed by atoms with Crippen LogP contribution in [-0.4, -0.2) is 61.4 Å². The van der Waals surface area contributed by atoms with Gasteiger partial charge in [-0.2, -0.15) is 0 Å². The predicted octanol–water partition coefficient (Wildman–Crippen LogP) is 1.81. The van der Waals surface area contributed by atoms with E-state index in [1.807, 2.05) is 20.8 Å². The van der Waals surface area contributed by atoms with Crippen LogP contribution in [0.3, 0.4) is 0 Å². The number of rotatable bonds is 7. The molecule has 1 aliphatic rings. The molecular formula is C16H32N2O3. The Morgan fingerprint density at radius 2 is 2.19 bits per heavy atom. The van der Waals surface area contributed by atoms with Gasteiger partial charge in [-0.05, 0) is 40.5 Å². The van der Waals surface area contributed by atoms with Gasteiger partial charge < -0.3 is 9.47 Å². The Hall–Kier alpha value is -0.650. The lowest BCUT2D eigenvalue weighted by atomic mass is 9.95. The molecular weight excluding hydrogens is 268 g/mol. The van der Waals surface area contributed by atoms with Gasteiger partial charge >= 0.3 is 5.97 Å². The van der Waals surface area contributed by atoms with Crippen LogP contribution in [0.1, 0.15) is 47.5 Å². The first-order valence-electron chi connectivity index (χ1n) is 8.04. The number of carbonyl (C=O) groups is 1. The van der Waals surface area contributed by atoms with Crippen molar-refractivity contribution in [2.75, 3.05) is 26.8 Å². The van der Waals surface area contributed by atoms with Crippen LogP contribution in [0.5, 0.6) is 0 Å². The van der Waals surface area contributed by atoms with Gasteiger partial charge in [-0.1, -0.05) is 6.92 Å². The van der Waals surface area contributed by atoms with Gasteiger partial charge in [0.1, 0.15) is 5.54 Å². The van der Waals surface area contributed by atoms with E-state index in [0.29, 0.717) is 6.04 Å². The topological polar surface area (TPSA) is 50.8 Å². The maximum atomic E-state index is 12.1. The van der Waals surface area contributed by atoms with Crippen molar-refractivity contribution in [1.29, 1.82) is 0 Å². The zero-order valence-corrected chi connectivity index (χ0v) is 14.4. The molecule has 0 saturated carbocycles. The fourth-order valence-electron chi connectivity index (χ4n) is 3.03. The van der Waals surface area contributed by atoms with Crippen LogP contribution in [0.4, 0.5) is 0 Å². The minimum atomic E-state index is -0.636. The lowest BCUT2D eigenvalue weighted by Gasteiger charge is -2.40. The summed E-state index contributed by atoms with van der Waals surface area (Å²) in [5.74, 6) is -0.189. The number of carbonyl (C=O) groups excluding carboxylic acids is 1. The Balaban J connectivity index is 2.68. The summed E-state index contributed by atoms with van der Waals surface area (Å²) in [5.41, 5.74) is -0.636. The molecule has 21 heavy (non-hydrogen) atoms. The van der Waals surface area contributed by atoms with Crippen LogP contribution in [0.15, 0.2) is 0 Å². The maximum absolute atomic E-state index is 12.1. The highest BCUT2D eigenvalue weighted by molar-refractivity contribution is 5.80. The molecule has 0 radical (unpaired) electrons. The number of methoxy groups -OCH3 is 1. The first-order valence-corrected chi connectivity index (χ1v) is 8.04. The summed E-state index contributed by atoms with van der Waals surface area (Å²) in [5, 5.41) is 3.36. The van der Waals surface area contributed by atoms with E-state index in [9.17, 15) is 4.79 Å². The fourth-order valence-corrected chi connectivity index (χ4v) is 3.03. The van der Waals surface area contributed by atoms with Gasteiger partial charge in [0.25, 0.3) is 0 Å². The Morgan fingerprint density at radius 1 is 1.52 bits per heavy atom.